The molecule has 2 amide bonds. The number of nitrogens with one attached hydrogen (secondary N) is 1. The topological polar surface area (TPSA) is 89.4 Å². The highest BCUT2D eigenvalue weighted by molar-refractivity contribution is 6.33. The predicted octanol–water partition coefficient (Wildman–Crippen LogP) is 4.37. The monoisotopic (exact) mass is 469 g/mol. The van der Waals surface area contributed by atoms with Crippen molar-refractivity contribution in [2.75, 3.05) is 17.3 Å². The maximum absolute atomic E-state index is 13.6. The van der Waals surface area contributed by atoms with Gasteiger partial charge in [0.2, 0.25) is 5.95 Å². The van der Waals surface area contributed by atoms with Crippen LogP contribution in [0, 0.1) is 5.82 Å². The van der Waals surface area contributed by atoms with Gasteiger partial charge in [-0.15, -0.1) is 5.10 Å². The Balaban J connectivity index is 1.41. The number of halogens is 1. The van der Waals surface area contributed by atoms with Gasteiger partial charge in [0.15, 0.2) is 0 Å². The molecule has 174 valence electrons. The second-order valence-corrected chi connectivity index (χ2v) is 8.44. The zero-order chi connectivity index (χ0) is 24.1. The second-order valence-electron chi connectivity index (χ2n) is 8.44. The predicted molar refractivity (Wildman–Crippen MR) is 126 cm³/mol. The van der Waals surface area contributed by atoms with Crippen LogP contribution in [0.5, 0.6) is 5.75 Å². The minimum atomic E-state index is -0.460. The summed E-state index contributed by atoms with van der Waals surface area (Å²) in [6.45, 7) is 0. The van der Waals surface area contributed by atoms with E-state index in [2.05, 4.69) is 15.4 Å². The fraction of sp³-hybridized carbons (Fsp3) is 0.154. The molecule has 6 rings (SSSR count). The number of hydrogen-bond donors (Lipinski definition) is 1. The Kier molecular flexibility index (Phi) is 4.84. The molecule has 2 unspecified atom stereocenters. The summed E-state index contributed by atoms with van der Waals surface area (Å²) in [5.74, 6) is -0.0908. The maximum Gasteiger partial charge on any atom is 0.268 e. The van der Waals surface area contributed by atoms with Crippen molar-refractivity contribution in [1.29, 1.82) is 0 Å². The van der Waals surface area contributed by atoms with E-state index in [1.165, 1.54) is 12.1 Å². The molecular weight excluding hydrogens is 449 g/mol. The molecule has 2 aliphatic rings. The highest BCUT2D eigenvalue weighted by atomic mass is 19.1. The molecule has 0 spiro atoms. The van der Waals surface area contributed by atoms with Gasteiger partial charge in [0.25, 0.3) is 17.8 Å². The SMILES string of the molecule is COc1ccc(C2CC(c3ccc(F)cc3)n3nc(N4C(=O)c5ccccc5C4=O)nc3N2)cc1. The van der Waals surface area contributed by atoms with Crippen LogP contribution < -0.4 is 15.0 Å². The number of anilines is 2. The molecule has 1 N–H and O–H groups in total. The molecule has 8 nitrogen and oxygen atoms in total. The summed E-state index contributed by atoms with van der Waals surface area (Å²) in [5, 5.41) is 7.95. The van der Waals surface area contributed by atoms with Gasteiger partial charge < -0.3 is 10.1 Å². The molecule has 9 heteroatoms. The zero-order valence-corrected chi connectivity index (χ0v) is 18.7. The number of carbonyl (C=O) groups is 2. The summed E-state index contributed by atoms with van der Waals surface area (Å²) in [4.78, 5) is 31.5. The summed E-state index contributed by atoms with van der Waals surface area (Å²) in [6.07, 6.45) is 0.593. The van der Waals surface area contributed by atoms with E-state index < -0.39 is 11.8 Å². The maximum atomic E-state index is 13.6. The van der Waals surface area contributed by atoms with E-state index in [9.17, 15) is 14.0 Å². The first-order valence-electron chi connectivity index (χ1n) is 11.1. The highest BCUT2D eigenvalue weighted by Crippen LogP contribution is 2.39. The Morgan fingerprint density at radius 3 is 2.17 bits per heavy atom. The lowest BCUT2D eigenvalue weighted by Gasteiger charge is -2.31. The van der Waals surface area contributed by atoms with Crippen molar-refractivity contribution in [2.45, 2.75) is 18.5 Å². The molecule has 1 aromatic heterocycles. The lowest BCUT2D eigenvalue weighted by atomic mass is 9.93. The molecule has 0 saturated heterocycles. The quantitative estimate of drug-likeness (QED) is 0.447. The number of carbonyl (C=O) groups excluding carboxylic acids is 2. The van der Waals surface area contributed by atoms with Crippen molar-refractivity contribution in [3.8, 4) is 5.75 Å². The third-order valence-corrected chi connectivity index (χ3v) is 6.44. The van der Waals surface area contributed by atoms with Crippen molar-refractivity contribution in [3.63, 3.8) is 0 Å². The summed E-state index contributed by atoms with van der Waals surface area (Å²) in [7, 11) is 1.61. The van der Waals surface area contributed by atoms with E-state index in [-0.39, 0.29) is 23.8 Å². The minimum absolute atomic E-state index is 0.00110. The minimum Gasteiger partial charge on any atom is -0.497 e. The van der Waals surface area contributed by atoms with Crippen LogP contribution in [0.4, 0.5) is 16.3 Å². The molecule has 0 bridgehead atoms. The standard InChI is InChI=1S/C26H20FN5O3/c1-35-18-12-8-15(9-13-18)21-14-22(16-6-10-17(27)11-7-16)32-25(28-21)29-26(30-32)31-23(33)19-4-2-3-5-20(19)24(31)34/h2-13,21-22H,14H2,1H3,(H,28,29,30). The van der Waals surface area contributed by atoms with Gasteiger partial charge in [-0.3, -0.25) is 9.59 Å². The molecule has 0 aliphatic carbocycles. The average Bonchev–Trinajstić information content (AvgIpc) is 3.42. The molecule has 2 atom stereocenters. The second kappa shape index (κ2) is 8.05. The van der Waals surface area contributed by atoms with Crippen LogP contribution in [0.15, 0.2) is 72.8 Å². The summed E-state index contributed by atoms with van der Waals surface area (Å²) >= 11 is 0. The van der Waals surface area contributed by atoms with Crippen molar-refractivity contribution in [1.82, 2.24) is 14.8 Å². The van der Waals surface area contributed by atoms with Gasteiger partial charge in [-0.1, -0.05) is 36.4 Å². The number of ether oxygens (including phenoxy) is 1. The van der Waals surface area contributed by atoms with Gasteiger partial charge in [-0.2, -0.15) is 4.98 Å². The Morgan fingerprint density at radius 1 is 0.914 bits per heavy atom. The number of amides is 2. The van der Waals surface area contributed by atoms with Crippen LogP contribution in [0.2, 0.25) is 0 Å². The summed E-state index contributed by atoms with van der Waals surface area (Å²) < 4.78 is 20.6. The number of imide groups is 1. The number of hydrogen-bond acceptors (Lipinski definition) is 6. The van der Waals surface area contributed by atoms with Crippen molar-refractivity contribution in [3.05, 3.63) is 101 Å². The van der Waals surface area contributed by atoms with Gasteiger partial charge in [0.1, 0.15) is 11.6 Å². The number of nitrogens with zero attached hydrogens (tertiary/aromatic N) is 4. The fourth-order valence-corrected chi connectivity index (χ4v) is 4.65. The number of fused-ring (bicyclic) bond motifs is 2. The van der Waals surface area contributed by atoms with Crippen LogP contribution in [-0.2, 0) is 0 Å². The molecular formula is C26H20FN5O3. The van der Waals surface area contributed by atoms with Crippen LogP contribution in [-0.4, -0.2) is 33.7 Å². The van der Waals surface area contributed by atoms with Crippen molar-refractivity contribution < 1.29 is 18.7 Å². The summed E-state index contributed by atoms with van der Waals surface area (Å²) in [6, 6.07) is 20.2. The Bertz CT molecular complexity index is 1410. The zero-order valence-electron chi connectivity index (χ0n) is 18.7. The first kappa shape index (κ1) is 21.0. The van der Waals surface area contributed by atoms with Gasteiger partial charge in [0.05, 0.1) is 30.3 Å². The van der Waals surface area contributed by atoms with Crippen LogP contribution in [0.3, 0.4) is 0 Å². The number of aromatic nitrogens is 3. The molecule has 4 aromatic rings. The first-order chi connectivity index (χ1) is 17.0. The van der Waals surface area contributed by atoms with Crippen LogP contribution in [0.25, 0.3) is 0 Å². The molecule has 35 heavy (non-hydrogen) atoms. The van der Waals surface area contributed by atoms with Gasteiger partial charge in [-0.05, 0) is 53.9 Å². The molecule has 0 radical (unpaired) electrons. The number of benzene rings is 3. The van der Waals surface area contributed by atoms with E-state index in [0.29, 0.717) is 23.5 Å². The third kappa shape index (κ3) is 3.43. The average molecular weight is 469 g/mol. The molecule has 0 saturated carbocycles. The Labute approximate surface area is 200 Å². The van der Waals surface area contributed by atoms with Crippen LogP contribution >= 0.6 is 0 Å². The summed E-state index contributed by atoms with van der Waals surface area (Å²) in [5.41, 5.74) is 2.50. The largest absolute Gasteiger partial charge is 0.497 e. The van der Waals surface area contributed by atoms with E-state index in [1.54, 1.807) is 48.2 Å². The molecule has 3 heterocycles. The Morgan fingerprint density at radius 2 is 1.54 bits per heavy atom. The van der Waals surface area contributed by atoms with Gasteiger partial charge in [0, 0.05) is 0 Å². The van der Waals surface area contributed by atoms with E-state index in [1.807, 2.05) is 24.3 Å². The van der Waals surface area contributed by atoms with E-state index >= 15 is 0 Å². The first-order valence-corrected chi connectivity index (χ1v) is 11.1. The normalized spacial score (nSPS) is 18.7. The lowest BCUT2D eigenvalue weighted by molar-refractivity contribution is 0.0923. The molecule has 2 aliphatic heterocycles. The molecule has 0 fully saturated rings. The van der Waals surface area contributed by atoms with Crippen LogP contribution in [0.1, 0.15) is 50.3 Å². The van der Waals surface area contributed by atoms with Crippen molar-refractivity contribution >= 4 is 23.7 Å². The smallest absolute Gasteiger partial charge is 0.268 e. The van der Waals surface area contributed by atoms with E-state index in [0.717, 1.165) is 21.8 Å². The fourth-order valence-electron chi connectivity index (χ4n) is 4.65. The lowest BCUT2D eigenvalue weighted by Crippen LogP contribution is -2.30. The van der Waals surface area contributed by atoms with E-state index in [4.69, 9.17) is 4.74 Å². The number of methoxy groups -OCH3 is 1. The van der Waals surface area contributed by atoms with Crippen molar-refractivity contribution in [2.24, 2.45) is 0 Å². The Hall–Kier alpha value is -4.53. The third-order valence-electron chi connectivity index (χ3n) is 6.44. The molecule has 3 aromatic carbocycles. The number of rotatable bonds is 4. The van der Waals surface area contributed by atoms with Gasteiger partial charge in [-0.25, -0.2) is 14.0 Å². The van der Waals surface area contributed by atoms with Gasteiger partial charge >= 0.3 is 0 Å². The highest BCUT2D eigenvalue weighted by Gasteiger charge is 2.40.